The van der Waals surface area contributed by atoms with E-state index in [1.54, 1.807) is 0 Å². The smallest absolute Gasteiger partial charge is 0.171 e. The maximum absolute atomic E-state index is 12.3. The summed E-state index contributed by atoms with van der Waals surface area (Å²) in [6, 6.07) is 8.79. The van der Waals surface area contributed by atoms with Crippen molar-refractivity contribution in [1.29, 1.82) is 0 Å². The summed E-state index contributed by atoms with van der Waals surface area (Å²) in [4.78, 5) is 0. The molecule has 36 heavy (non-hydrogen) atoms. The normalized spacial score (nSPS) is 43.0. The first-order valence-corrected chi connectivity index (χ1v) is 14.1. The molecule has 1 aromatic rings. The number of hydrogen-bond donors (Lipinski definition) is 2. The number of ether oxygens (including phenoxy) is 2. The average Bonchev–Trinajstić information content (AvgIpc) is 3.08. The zero-order valence-electron chi connectivity index (χ0n) is 22.6. The van der Waals surface area contributed by atoms with Gasteiger partial charge in [0.25, 0.3) is 0 Å². The van der Waals surface area contributed by atoms with Crippen LogP contribution in [0.3, 0.4) is 0 Å². The molecule has 1 saturated heterocycles. The van der Waals surface area contributed by atoms with E-state index in [-0.39, 0.29) is 16.7 Å². The molecular weight excluding hydrogens is 448 g/mol. The third-order valence-electron chi connectivity index (χ3n) is 11.0. The van der Waals surface area contributed by atoms with Crippen LogP contribution in [-0.4, -0.2) is 40.4 Å². The van der Waals surface area contributed by atoms with Crippen molar-refractivity contribution in [1.82, 2.24) is 0 Å². The molecule has 4 fully saturated rings. The van der Waals surface area contributed by atoms with Crippen LogP contribution in [0.15, 0.2) is 42.0 Å². The largest absolute Gasteiger partial charge is 0.390 e. The summed E-state index contributed by atoms with van der Waals surface area (Å²) in [7, 11) is 0. The van der Waals surface area contributed by atoms with Crippen LogP contribution in [0.4, 0.5) is 0 Å². The van der Waals surface area contributed by atoms with Crippen LogP contribution < -0.4 is 0 Å². The van der Waals surface area contributed by atoms with Gasteiger partial charge in [-0.05, 0) is 74.0 Å². The second kappa shape index (κ2) is 8.02. The van der Waals surface area contributed by atoms with Crippen LogP contribution in [0.2, 0.25) is 0 Å². The Bertz CT molecular complexity index is 1070. The highest BCUT2D eigenvalue weighted by molar-refractivity contribution is 5.50. The predicted octanol–water partition coefficient (Wildman–Crippen LogP) is 6.38. The molecule has 2 N–H and O–H groups in total. The van der Waals surface area contributed by atoms with Crippen molar-refractivity contribution >= 4 is 6.08 Å². The van der Waals surface area contributed by atoms with E-state index in [4.69, 9.17) is 9.47 Å². The molecule has 5 aliphatic rings. The Hall–Kier alpha value is -1.46. The summed E-state index contributed by atoms with van der Waals surface area (Å²) >= 11 is 0. The third kappa shape index (κ3) is 3.62. The summed E-state index contributed by atoms with van der Waals surface area (Å²) in [5.41, 5.74) is 3.50. The Kier molecular flexibility index (Phi) is 5.54. The Labute approximate surface area is 216 Å². The lowest BCUT2D eigenvalue weighted by Crippen LogP contribution is -2.58. The van der Waals surface area contributed by atoms with Crippen molar-refractivity contribution in [3.05, 3.63) is 53.1 Å². The minimum atomic E-state index is -0.875. The summed E-state index contributed by atoms with van der Waals surface area (Å²) in [6.07, 6.45) is 8.62. The maximum atomic E-state index is 12.3. The number of fused-ring (bicyclic) bond motifs is 4. The van der Waals surface area contributed by atoms with Gasteiger partial charge in [-0.15, -0.1) is 0 Å². The molecule has 6 atom stereocenters. The molecule has 4 nitrogen and oxygen atoms in total. The van der Waals surface area contributed by atoms with Crippen molar-refractivity contribution in [3.63, 3.8) is 0 Å². The Morgan fingerprint density at radius 1 is 0.944 bits per heavy atom. The number of aliphatic hydroxyl groups is 2. The fraction of sp³-hybridized carbons (Fsp3) is 0.688. The van der Waals surface area contributed by atoms with Crippen LogP contribution in [0.25, 0.3) is 6.08 Å². The average molecular weight is 493 g/mol. The standard InChI is InChI=1S/C32H44O4/c1-6-21-7-9-22(10-8-21)24-17-29(4)25(12-14-30(29,5)33)23-11-15-31(34)18-32(16-13-26(31)27(23)24)35-19-28(2,3)20-36-32/h6-10,23-25,33-34H,1,11-20H2,2-5H3/t23?,24-,25?,29?,30+,31-/m1/s1. The zero-order valence-corrected chi connectivity index (χ0v) is 22.6. The van der Waals surface area contributed by atoms with E-state index >= 15 is 0 Å². The van der Waals surface area contributed by atoms with Crippen molar-refractivity contribution in [2.45, 2.75) is 102 Å². The molecule has 1 aromatic carbocycles. The van der Waals surface area contributed by atoms with Crippen LogP contribution in [-0.2, 0) is 9.47 Å². The monoisotopic (exact) mass is 492 g/mol. The van der Waals surface area contributed by atoms with E-state index in [1.807, 2.05) is 6.08 Å². The highest BCUT2D eigenvalue weighted by atomic mass is 16.7. The first-order chi connectivity index (χ1) is 16.9. The molecule has 3 saturated carbocycles. The molecule has 4 heteroatoms. The maximum Gasteiger partial charge on any atom is 0.171 e. The van der Waals surface area contributed by atoms with Crippen molar-refractivity contribution in [3.8, 4) is 0 Å². The summed E-state index contributed by atoms with van der Waals surface area (Å²) in [6.45, 7) is 14.0. The van der Waals surface area contributed by atoms with Gasteiger partial charge in [-0.3, -0.25) is 0 Å². The molecule has 1 aliphatic heterocycles. The number of rotatable bonds is 2. The van der Waals surface area contributed by atoms with Crippen LogP contribution in [0.1, 0.15) is 96.1 Å². The van der Waals surface area contributed by atoms with Crippen molar-refractivity contribution in [2.24, 2.45) is 22.7 Å². The van der Waals surface area contributed by atoms with E-state index in [0.29, 0.717) is 31.5 Å². The highest BCUT2D eigenvalue weighted by Crippen LogP contribution is 2.67. The topological polar surface area (TPSA) is 58.9 Å². The van der Waals surface area contributed by atoms with E-state index in [2.05, 4.69) is 58.5 Å². The Balaban J connectivity index is 1.43. The minimum Gasteiger partial charge on any atom is -0.390 e. The van der Waals surface area contributed by atoms with Crippen molar-refractivity contribution < 1.29 is 19.7 Å². The van der Waals surface area contributed by atoms with E-state index in [1.165, 1.54) is 16.7 Å². The van der Waals surface area contributed by atoms with E-state index in [9.17, 15) is 10.2 Å². The van der Waals surface area contributed by atoms with Crippen LogP contribution in [0, 0.1) is 22.7 Å². The number of benzene rings is 1. The fourth-order valence-corrected chi connectivity index (χ4v) is 8.64. The summed E-state index contributed by atoms with van der Waals surface area (Å²) in [5, 5.41) is 23.8. The van der Waals surface area contributed by atoms with Gasteiger partial charge in [0.1, 0.15) is 0 Å². The molecule has 4 aliphatic carbocycles. The molecule has 1 heterocycles. The third-order valence-corrected chi connectivity index (χ3v) is 11.0. The molecule has 0 amide bonds. The van der Waals surface area contributed by atoms with Gasteiger partial charge in [-0.25, -0.2) is 0 Å². The van der Waals surface area contributed by atoms with Gasteiger partial charge < -0.3 is 19.7 Å². The van der Waals surface area contributed by atoms with Crippen LogP contribution >= 0.6 is 0 Å². The zero-order chi connectivity index (χ0) is 25.6. The van der Waals surface area contributed by atoms with Gasteiger partial charge >= 0.3 is 0 Å². The van der Waals surface area contributed by atoms with Crippen molar-refractivity contribution in [2.75, 3.05) is 13.2 Å². The number of allylic oxidation sites excluding steroid dienone is 1. The molecule has 3 unspecified atom stereocenters. The fourth-order valence-electron chi connectivity index (χ4n) is 8.64. The molecular formula is C32H44O4. The van der Waals surface area contributed by atoms with E-state index < -0.39 is 17.0 Å². The Morgan fingerprint density at radius 2 is 1.64 bits per heavy atom. The Morgan fingerprint density at radius 3 is 2.31 bits per heavy atom. The van der Waals surface area contributed by atoms with Gasteiger partial charge in [-0.1, -0.05) is 63.3 Å². The molecule has 0 bridgehead atoms. The lowest BCUT2D eigenvalue weighted by Gasteiger charge is -2.58. The molecule has 0 radical (unpaired) electrons. The van der Waals surface area contributed by atoms with Gasteiger partial charge in [0, 0.05) is 29.6 Å². The number of hydrogen-bond acceptors (Lipinski definition) is 4. The quantitative estimate of drug-likeness (QED) is 0.471. The SMILES string of the molecule is C=Cc1ccc([C@H]2CC3(C)C(CC[C@]3(C)O)C3CC[C@@]4(O)CC5(CCC4=C32)OCC(C)(C)CO5)cc1. The molecule has 6 rings (SSSR count). The van der Waals surface area contributed by atoms with Gasteiger partial charge in [0.05, 0.1) is 24.4 Å². The van der Waals surface area contributed by atoms with Gasteiger partial charge in [-0.2, -0.15) is 0 Å². The summed E-state index contributed by atoms with van der Waals surface area (Å²) < 4.78 is 12.7. The molecule has 196 valence electrons. The van der Waals surface area contributed by atoms with Gasteiger partial charge in [0.2, 0.25) is 0 Å². The molecule has 1 spiro atoms. The first-order valence-electron chi connectivity index (χ1n) is 14.1. The summed E-state index contributed by atoms with van der Waals surface area (Å²) in [5.74, 6) is 0.422. The second-order valence-electron chi connectivity index (χ2n) is 13.9. The minimum absolute atomic E-state index is 0.0141. The highest BCUT2D eigenvalue weighted by Gasteiger charge is 2.63. The van der Waals surface area contributed by atoms with Gasteiger partial charge in [0.15, 0.2) is 5.79 Å². The second-order valence-corrected chi connectivity index (χ2v) is 13.9. The lowest BCUT2D eigenvalue weighted by molar-refractivity contribution is -0.322. The first kappa shape index (κ1) is 24.9. The van der Waals surface area contributed by atoms with E-state index in [0.717, 1.165) is 50.5 Å². The molecule has 0 aromatic heterocycles. The predicted molar refractivity (Wildman–Crippen MR) is 142 cm³/mol. The van der Waals surface area contributed by atoms with Crippen LogP contribution in [0.5, 0.6) is 0 Å². The lowest BCUT2D eigenvalue weighted by atomic mass is 9.50.